The smallest absolute Gasteiger partial charge is 0.373 e. The van der Waals surface area contributed by atoms with Gasteiger partial charge in [-0.2, -0.15) is 9.59 Å². The Morgan fingerprint density at radius 3 is 2.64 bits per heavy atom. The molecule has 0 radical (unpaired) electrons. The van der Waals surface area contributed by atoms with Gasteiger partial charge in [0.15, 0.2) is 5.78 Å². The number of hydrogen-bond acceptors (Lipinski definition) is 13. The van der Waals surface area contributed by atoms with Gasteiger partial charge in [-0.3, -0.25) is 24.4 Å². The summed E-state index contributed by atoms with van der Waals surface area (Å²) in [4.78, 5) is 67.9. The Labute approximate surface area is 309 Å². The van der Waals surface area contributed by atoms with E-state index in [1.165, 1.54) is 0 Å². The van der Waals surface area contributed by atoms with E-state index in [-0.39, 0.29) is 66.4 Å². The average Bonchev–Trinajstić information content (AvgIpc) is 3.46. The number of allylic oxidation sites excluding steroid dienone is 4. The maximum absolute atomic E-state index is 13.2. The Kier molecular flexibility index (Phi) is 10.9. The minimum atomic E-state index is -0.763. The van der Waals surface area contributed by atoms with Gasteiger partial charge in [0.1, 0.15) is 23.4 Å². The van der Waals surface area contributed by atoms with Crippen LogP contribution < -0.4 is 5.32 Å². The van der Waals surface area contributed by atoms with Gasteiger partial charge >= 0.3 is 12.1 Å². The van der Waals surface area contributed by atoms with E-state index >= 15 is 0 Å². The quantitative estimate of drug-likeness (QED) is 0.220. The first-order valence-corrected chi connectivity index (χ1v) is 18.3. The normalized spacial score (nSPS) is 38.5. The number of cyclic esters (lactones) is 1. The Bertz CT molecular complexity index is 1770. The fraction of sp³-hybridized carbons (Fsp3) is 0.590. The van der Waals surface area contributed by atoms with E-state index in [1.54, 1.807) is 29.3 Å². The number of carbonyl (C=O) groups is 3. The summed E-state index contributed by atoms with van der Waals surface area (Å²) in [6.07, 6.45) is 16.9. The Morgan fingerprint density at radius 1 is 1.26 bits per heavy atom. The minimum absolute atomic E-state index is 0.0180. The number of nitrogens with one attached hydrogen (secondary N) is 1. The third kappa shape index (κ3) is 6.88. The van der Waals surface area contributed by atoms with Crippen molar-refractivity contribution < 1.29 is 43.7 Å². The lowest BCUT2D eigenvalue weighted by molar-refractivity contribution is -0.191. The van der Waals surface area contributed by atoms with Crippen molar-refractivity contribution in [2.24, 2.45) is 32.7 Å². The zero-order valence-electron chi connectivity index (χ0n) is 30.9. The molecular weight excluding hydrogens is 682 g/mol. The number of epoxide rings is 1. The minimum Gasteiger partial charge on any atom is -0.423 e. The first-order valence-electron chi connectivity index (χ1n) is 18.3. The molecule has 284 valence electrons. The Morgan fingerprint density at radius 2 is 2.00 bits per heavy atom. The number of Topliss-reactive ketones (excluding diaryl/α,β-unsaturated/α-hetero) is 1. The third-order valence-electron chi connectivity index (χ3n) is 12.7. The van der Waals surface area contributed by atoms with Crippen molar-refractivity contribution in [1.29, 1.82) is 0 Å². The predicted octanol–water partition coefficient (Wildman–Crippen LogP) is 2.01. The highest BCUT2D eigenvalue weighted by molar-refractivity contribution is 6.07. The van der Waals surface area contributed by atoms with Crippen LogP contribution >= 0.6 is 0 Å². The number of fused-ring (bicyclic) bond motifs is 2. The number of amides is 1. The number of likely N-dealkylation sites (N-methyl/N-ethyl adjacent to an activating group) is 1. The van der Waals surface area contributed by atoms with E-state index in [1.807, 2.05) is 52.2 Å². The molecule has 7 unspecified atom stereocenters. The fourth-order valence-corrected chi connectivity index (χ4v) is 9.60. The summed E-state index contributed by atoms with van der Waals surface area (Å²) in [6.45, 7) is 8.81. The van der Waals surface area contributed by atoms with Crippen LogP contribution in [0.25, 0.3) is 0 Å². The second-order valence-electron chi connectivity index (χ2n) is 15.6. The summed E-state index contributed by atoms with van der Waals surface area (Å²) in [5, 5.41) is 25.5. The summed E-state index contributed by atoms with van der Waals surface area (Å²) in [5.41, 5.74) is -0.610. The number of aliphatic imine (C=N–C) groups is 2. The fourth-order valence-electron chi connectivity index (χ4n) is 9.60. The molecule has 7 aliphatic rings. The summed E-state index contributed by atoms with van der Waals surface area (Å²) < 4.78 is 12.0. The van der Waals surface area contributed by atoms with Gasteiger partial charge in [0.05, 0.1) is 49.9 Å². The second kappa shape index (κ2) is 14.9. The molecule has 0 aromatic heterocycles. The number of ketones is 1. The van der Waals surface area contributed by atoms with Crippen LogP contribution in [0.1, 0.15) is 59.8 Å². The van der Waals surface area contributed by atoms with Crippen molar-refractivity contribution in [3.63, 3.8) is 0 Å². The molecule has 10 atom stereocenters. The molecule has 5 heterocycles. The standard InChI is InChI=1S/C38H49N5O7.CO2/c1-6-26-34(47)43-19-23(7-10-33(43)42(26)5)15-25-16-24(35(48)50-25)8-9-28-36(3)12-11-31(46)37(4,20-44)29(36)18-30(38(28)21-49-38)41-22(2)27(45)17-32-39-13-14-40-32;2-1-3/h7-10,13,15-16,19,22,26,28-31,33,41,44,46H,6,11-12,14,17-18,20-21H2,1-5H3;/b9-8+,25-15+;/t22?,26?,28?,29?,30?,31-,33?,36-,37+,38?;/m1./s1. The molecule has 1 amide bonds. The average molecular weight is 732 g/mol. The molecule has 4 fully saturated rings. The SMILES string of the molecule is CCC1C(=O)N2C=C(/C=C3C=C(/C=C/C4C5(CO5)C(NC(C)C(=O)CC5=NCC=N5)CC5[C@]4(C)CC[C@@H](O)[C@@]5(C)CO)C(=O)O\3)C=CC2N1C.O=C=O. The van der Waals surface area contributed by atoms with Gasteiger partial charge in [-0.05, 0) is 74.8 Å². The molecule has 2 saturated heterocycles. The Hall–Kier alpha value is -4.17. The van der Waals surface area contributed by atoms with Crippen molar-refractivity contribution in [1.82, 2.24) is 15.1 Å². The molecule has 2 saturated carbocycles. The van der Waals surface area contributed by atoms with E-state index < -0.39 is 29.1 Å². The monoisotopic (exact) mass is 731 g/mol. The zero-order valence-corrected chi connectivity index (χ0v) is 30.9. The molecule has 0 aromatic carbocycles. The van der Waals surface area contributed by atoms with E-state index in [0.29, 0.717) is 49.6 Å². The molecule has 5 aliphatic heterocycles. The third-order valence-corrected chi connectivity index (χ3v) is 12.7. The van der Waals surface area contributed by atoms with Crippen LogP contribution in [0.4, 0.5) is 0 Å². The number of hydrogen-bond donors (Lipinski definition) is 3. The Balaban J connectivity index is 0.00000155. The molecule has 0 aromatic rings. The number of aliphatic hydroxyl groups is 2. The van der Waals surface area contributed by atoms with Gasteiger partial charge in [0.2, 0.25) is 5.91 Å². The number of esters is 1. The molecule has 0 bridgehead atoms. The van der Waals surface area contributed by atoms with Gasteiger partial charge < -0.3 is 25.0 Å². The molecule has 3 N–H and O–H groups in total. The van der Waals surface area contributed by atoms with E-state index in [0.717, 1.165) is 12.0 Å². The van der Waals surface area contributed by atoms with Gasteiger partial charge in [0, 0.05) is 29.8 Å². The number of rotatable bonds is 10. The van der Waals surface area contributed by atoms with E-state index in [2.05, 4.69) is 27.1 Å². The van der Waals surface area contributed by atoms with Crippen molar-refractivity contribution in [2.45, 2.75) is 95.8 Å². The van der Waals surface area contributed by atoms with Gasteiger partial charge in [-0.1, -0.05) is 39.0 Å². The van der Waals surface area contributed by atoms with E-state index in [9.17, 15) is 24.6 Å². The number of amidine groups is 1. The topological polar surface area (TPSA) is 191 Å². The first kappa shape index (κ1) is 38.6. The number of ether oxygens (including phenoxy) is 2. The predicted molar refractivity (Wildman–Crippen MR) is 192 cm³/mol. The van der Waals surface area contributed by atoms with E-state index in [4.69, 9.17) is 19.1 Å². The van der Waals surface area contributed by atoms with Crippen LogP contribution in [0.5, 0.6) is 0 Å². The van der Waals surface area contributed by atoms with Crippen molar-refractivity contribution in [2.75, 3.05) is 26.8 Å². The lowest BCUT2D eigenvalue weighted by Gasteiger charge is -2.62. The number of aliphatic hydroxyl groups excluding tert-OH is 2. The molecule has 14 nitrogen and oxygen atoms in total. The van der Waals surface area contributed by atoms with Gasteiger partial charge in [0.25, 0.3) is 0 Å². The van der Waals surface area contributed by atoms with Crippen LogP contribution in [0, 0.1) is 22.7 Å². The molecule has 53 heavy (non-hydrogen) atoms. The van der Waals surface area contributed by atoms with Crippen molar-refractivity contribution in [3.8, 4) is 0 Å². The molecular formula is C39H49N5O9. The number of carbonyl (C=O) groups excluding carboxylic acids is 5. The van der Waals surface area contributed by atoms with Crippen LogP contribution in [0.2, 0.25) is 0 Å². The lowest BCUT2D eigenvalue weighted by atomic mass is 9.44. The van der Waals surface area contributed by atoms with Crippen molar-refractivity contribution >= 4 is 35.9 Å². The molecule has 7 rings (SSSR count). The summed E-state index contributed by atoms with van der Waals surface area (Å²) in [6, 6.07) is -0.908. The van der Waals surface area contributed by atoms with Crippen LogP contribution in [-0.4, -0.2) is 119 Å². The largest absolute Gasteiger partial charge is 0.423 e. The highest BCUT2D eigenvalue weighted by Gasteiger charge is 2.70. The van der Waals surface area contributed by atoms with Crippen LogP contribution in [-0.2, 0) is 33.4 Å². The molecule has 2 aliphatic carbocycles. The maximum atomic E-state index is 13.2. The molecule has 1 spiro atoms. The zero-order chi connectivity index (χ0) is 38.3. The van der Waals surface area contributed by atoms with Gasteiger partial charge in [-0.25, -0.2) is 9.79 Å². The van der Waals surface area contributed by atoms with Crippen LogP contribution in [0.3, 0.4) is 0 Å². The van der Waals surface area contributed by atoms with Gasteiger partial charge in [-0.15, -0.1) is 0 Å². The summed E-state index contributed by atoms with van der Waals surface area (Å²) in [5.74, 6) is 0.188. The molecule has 14 heteroatoms. The summed E-state index contributed by atoms with van der Waals surface area (Å²) in [7, 11) is 1.95. The maximum Gasteiger partial charge on any atom is 0.373 e. The van der Waals surface area contributed by atoms with Crippen molar-refractivity contribution in [3.05, 3.63) is 59.6 Å². The first-order chi connectivity index (χ1) is 25.3. The highest BCUT2D eigenvalue weighted by Crippen LogP contribution is 2.65. The second-order valence-corrected chi connectivity index (χ2v) is 15.6. The highest BCUT2D eigenvalue weighted by atomic mass is 16.6. The van der Waals surface area contributed by atoms with Crippen LogP contribution in [0.15, 0.2) is 69.5 Å². The number of nitrogens with zero attached hydrogens (tertiary/aromatic N) is 4. The summed E-state index contributed by atoms with van der Waals surface area (Å²) >= 11 is 0. The lowest BCUT2D eigenvalue weighted by Crippen LogP contribution is -2.67.